The number of hydrogen-bond acceptors (Lipinski definition) is 3. The van der Waals surface area contributed by atoms with Gasteiger partial charge in [-0.15, -0.1) is 11.8 Å². The summed E-state index contributed by atoms with van der Waals surface area (Å²) in [5, 5.41) is 0.596. The van der Waals surface area contributed by atoms with Gasteiger partial charge in [-0.2, -0.15) is 0 Å². The molecule has 1 fully saturated rings. The maximum Gasteiger partial charge on any atom is 0.118 e. The molecule has 1 aliphatic carbocycles. The second kappa shape index (κ2) is 5.48. The van der Waals surface area contributed by atoms with Crippen molar-refractivity contribution in [3.63, 3.8) is 0 Å². The van der Waals surface area contributed by atoms with Crippen molar-refractivity contribution in [1.29, 1.82) is 0 Å². The minimum absolute atomic E-state index is 0.0923. The molecule has 4 rings (SSSR count). The van der Waals surface area contributed by atoms with Gasteiger partial charge in [0.05, 0.1) is 5.37 Å². The van der Waals surface area contributed by atoms with Crippen LogP contribution in [0.1, 0.15) is 19.3 Å². The van der Waals surface area contributed by atoms with E-state index in [1.54, 1.807) is 12.2 Å². The molecule has 0 aromatic rings. The van der Waals surface area contributed by atoms with Crippen molar-refractivity contribution in [3.8, 4) is 0 Å². The zero-order valence-corrected chi connectivity index (χ0v) is 12.8. The predicted octanol–water partition coefficient (Wildman–Crippen LogP) is 3.85. The number of fused-ring (bicyclic) bond motifs is 1. The Kier molecular flexibility index (Phi) is 3.49. The van der Waals surface area contributed by atoms with E-state index >= 15 is 0 Å². The fourth-order valence-corrected chi connectivity index (χ4v) is 4.93. The van der Waals surface area contributed by atoms with Crippen molar-refractivity contribution in [2.75, 3.05) is 18.8 Å². The van der Waals surface area contributed by atoms with Crippen molar-refractivity contribution in [2.24, 2.45) is 10.9 Å². The molecule has 21 heavy (non-hydrogen) atoms. The molecule has 0 saturated carbocycles. The molecule has 4 heteroatoms. The highest BCUT2D eigenvalue weighted by atomic mass is 32.2. The van der Waals surface area contributed by atoms with E-state index in [-0.39, 0.29) is 5.83 Å². The molecule has 0 aromatic carbocycles. The van der Waals surface area contributed by atoms with Crippen molar-refractivity contribution in [2.45, 2.75) is 24.6 Å². The smallest absolute Gasteiger partial charge is 0.118 e. The third-order valence-corrected chi connectivity index (χ3v) is 5.90. The average molecular weight is 302 g/mol. The minimum atomic E-state index is -0.0923. The summed E-state index contributed by atoms with van der Waals surface area (Å²) in [7, 11) is 0. The lowest BCUT2D eigenvalue weighted by molar-refractivity contribution is 0.396. The fourth-order valence-electron chi connectivity index (χ4n) is 3.67. The Morgan fingerprint density at radius 2 is 2.33 bits per heavy atom. The van der Waals surface area contributed by atoms with Crippen LogP contribution in [0, 0.1) is 5.92 Å². The molecule has 4 aliphatic rings. The Labute approximate surface area is 129 Å². The molecule has 2 nitrogen and oxygen atoms in total. The number of dihydropyridines is 1. The summed E-state index contributed by atoms with van der Waals surface area (Å²) in [4.78, 5) is 6.89. The summed E-state index contributed by atoms with van der Waals surface area (Å²) >= 11 is 2.06. The summed E-state index contributed by atoms with van der Waals surface area (Å²) in [6, 6.07) is 0. The number of allylic oxidation sites excluding steroid dienone is 6. The van der Waals surface area contributed by atoms with Crippen LogP contribution in [0.3, 0.4) is 0 Å². The maximum atomic E-state index is 13.2. The number of hydrogen-bond donors (Lipinski definition) is 0. The number of thioether (sulfide) groups is 1. The average Bonchev–Trinajstić information content (AvgIpc) is 3.09. The quantitative estimate of drug-likeness (QED) is 0.770. The second-order valence-electron chi connectivity index (χ2n) is 5.88. The monoisotopic (exact) mass is 302 g/mol. The van der Waals surface area contributed by atoms with Crippen LogP contribution in [0.25, 0.3) is 0 Å². The van der Waals surface area contributed by atoms with Crippen LogP contribution in [0.5, 0.6) is 0 Å². The summed E-state index contributed by atoms with van der Waals surface area (Å²) in [6.07, 6.45) is 12.5. The van der Waals surface area contributed by atoms with E-state index in [0.29, 0.717) is 11.3 Å². The van der Waals surface area contributed by atoms with E-state index in [1.807, 2.05) is 6.21 Å². The van der Waals surface area contributed by atoms with Gasteiger partial charge in [0.15, 0.2) is 0 Å². The highest BCUT2D eigenvalue weighted by Gasteiger charge is 2.38. The molecule has 0 radical (unpaired) electrons. The van der Waals surface area contributed by atoms with Gasteiger partial charge < -0.3 is 4.90 Å². The van der Waals surface area contributed by atoms with E-state index in [9.17, 15) is 4.39 Å². The summed E-state index contributed by atoms with van der Waals surface area (Å²) < 4.78 is 13.2. The molecule has 2 unspecified atom stereocenters. The van der Waals surface area contributed by atoms with E-state index in [0.717, 1.165) is 32.4 Å². The first-order chi connectivity index (χ1) is 10.3. The third-order valence-electron chi connectivity index (χ3n) is 4.67. The molecule has 3 aliphatic heterocycles. The summed E-state index contributed by atoms with van der Waals surface area (Å²) in [5.74, 6) is 1.49. The SMILES string of the molecule is FC1=CCC(C2=C(C3=CC=NCC3)N3CCSC3C2)C=C1. The van der Waals surface area contributed by atoms with Crippen LogP contribution < -0.4 is 0 Å². The largest absolute Gasteiger partial charge is 0.358 e. The predicted molar refractivity (Wildman–Crippen MR) is 87.1 cm³/mol. The van der Waals surface area contributed by atoms with Gasteiger partial charge in [-0.25, -0.2) is 4.39 Å². The molecular weight excluding hydrogens is 283 g/mol. The van der Waals surface area contributed by atoms with Gasteiger partial charge >= 0.3 is 0 Å². The lowest BCUT2D eigenvalue weighted by Gasteiger charge is -2.25. The summed E-state index contributed by atoms with van der Waals surface area (Å²) in [6.45, 7) is 2.03. The molecule has 110 valence electrons. The van der Waals surface area contributed by atoms with E-state index < -0.39 is 0 Å². The van der Waals surface area contributed by atoms with Gasteiger partial charge in [0.1, 0.15) is 5.83 Å². The van der Waals surface area contributed by atoms with Gasteiger partial charge in [-0.3, -0.25) is 4.99 Å². The van der Waals surface area contributed by atoms with Crippen LogP contribution in [-0.4, -0.2) is 35.3 Å². The number of aliphatic imine (C=N–C) groups is 1. The highest BCUT2D eigenvalue weighted by Crippen LogP contribution is 2.46. The second-order valence-corrected chi connectivity index (χ2v) is 7.17. The van der Waals surface area contributed by atoms with Crippen LogP contribution in [0.4, 0.5) is 4.39 Å². The highest BCUT2D eigenvalue weighted by molar-refractivity contribution is 8.00. The van der Waals surface area contributed by atoms with Crippen molar-refractivity contribution >= 4 is 18.0 Å². The number of rotatable bonds is 2. The minimum Gasteiger partial charge on any atom is -0.358 e. The van der Waals surface area contributed by atoms with Crippen LogP contribution in [0.15, 0.2) is 52.0 Å². The molecule has 2 atom stereocenters. The van der Waals surface area contributed by atoms with Crippen LogP contribution in [-0.2, 0) is 0 Å². The Hall–Kier alpha value is -1.29. The lowest BCUT2D eigenvalue weighted by atomic mass is 9.88. The molecule has 0 spiro atoms. The van der Waals surface area contributed by atoms with Gasteiger partial charge in [0, 0.05) is 43.1 Å². The fraction of sp³-hybridized carbons (Fsp3) is 0.471. The zero-order valence-electron chi connectivity index (χ0n) is 12.0. The first-order valence-corrected chi connectivity index (χ1v) is 8.72. The van der Waals surface area contributed by atoms with Gasteiger partial charge in [0.25, 0.3) is 0 Å². The first-order valence-electron chi connectivity index (χ1n) is 7.67. The topological polar surface area (TPSA) is 15.6 Å². The van der Waals surface area contributed by atoms with E-state index in [2.05, 4.69) is 33.8 Å². The normalized spacial score (nSPS) is 31.6. The standard InChI is InChI=1S/C17H19FN2S/c18-14-3-1-12(2-4-14)15-11-16-20(9-10-21-16)17(15)13-5-7-19-8-6-13/h1,3-5,7,12,16H,2,6,8-11H2. The number of halogens is 1. The first kappa shape index (κ1) is 13.4. The Bertz CT molecular complexity index is 600. The van der Waals surface area contributed by atoms with E-state index in [4.69, 9.17) is 0 Å². The molecule has 0 bridgehead atoms. The van der Waals surface area contributed by atoms with Crippen LogP contribution >= 0.6 is 11.8 Å². The molecule has 0 N–H and O–H groups in total. The van der Waals surface area contributed by atoms with Gasteiger partial charge in [-0.05, 0) is 42.2 Å². The van der Waals surface area contributed by atoms with E-state index in [1.165, 1.54) is 22.6 Å². The number of nitrogens with zero attached hydrogens (tertiary/aromatic N) is 2. The molecule has 3 heterocycles. The third kappa shape index (κ3) is 2.39. The van der Waals surface area contributed by atoms with Crippen molar-refractivity contribution in [1.82, 2.24) is 4.90 Å². The van der Waals surface area contributed by atoms with Crippen molar-refractivity contribution in [3.05, 3.63) is 47.0 Å². The Morgan fingerprint density at radius 3 is 3.10 bits per heavy atom. The molecule has 0 aromatic heterocycles. The molecule has 1 saturated heterocycles. The molecule has 0 amide bonds. The Balaban J connectivity index is 1.71. The zero-order chi connectivity index (χ0) is 14.2. The van der Waals surface area contributed by atoms with Gasteiger partial charge in [0.2, 0.25) is 0 Å². The van der Waals surface area contributed by atoms with Gasteiger partial charge in [-0.1, -0.05) is 6.08 Å². The van der Waals surface area contributed by atoms with Crippen LogP contribution in [0.2, 0.25) is 0 Å². The lowest BCUT2D eigenvalue weighted by Crippen LogP contribution is -2.24. The van der Waals surface area contributed by atoms with Crippen molar-refractivity contribution < 1.29 is 4.39 Å². The summed E-state index contributed by atoms with van der Waals surface area (Å²) in [5.41, 5.74) is 4.38. The maximum absolute atomic E-state index is 13.2. The Morgan fingerprint density at radius 1 is 1.38 bits per heavy atom. The molecular formula is C17H19FN2S.